The highest BCUT2D eigenvalue weighted by molar-refractivity contribution is 5.95. The molecule has 1 atom stereocenters. The molecule has 2 aliphatic heterocycles. The van der Waals surface area contributed by atoms with Gasteiger partial charge in [-0.15, -0.1) is 10.2 Å². The second-order valence-corrected chi connectivity index (χ2v) is 6.87. The van der Waals surface area contributed by atoms with Gasteiger partial charge in [-0.3, -0.25) is 14.3 Å². The zero-order valence-corrected chi connectivity index (χ0v) is 14.0. The summed E-state index contributed by atoms with van der Waals surface area (Å²) in [7, 11) is 0. The van der Waals surface area contributed by atoms with Gasteiger partial charge in [0.15, 0.2) is 0 Å². The SMILES string of the molecule is C[C@@H]1CCCCN1C1CN(C(=O)c2cccc(-n3cnnc3)c2)C1. The van der Waals surface area contributed by atoms with Crippen molar-refractivity contribution in [1.29, 1.82) is 0 Å². The van der Waals surface area contributed by atoms with E-state index in [1.165, 1.54) is 25.8 Å². The van der Waals surface area contributed by atoms with Crippen molar-refractivity contribution in [3.05, 3.63) is 42.5 Å². The third-order valence-electron chi connectivity index (χ3n) is 5.28. The third kappa shape index (κ3) is 2.82. The van der Waals surface area contributed by atoms with Crippen LogP contribution in [0.15, 0.2) is 36.9 Å². The van der Waals surface area contributed by atoms with Crippen LogP contribution in [-0.4, -0.2) is 62.2 Å². The van der Waals surface area contributed by atoms with Gasteiger partial charge >= 0.3 is 0 Å². The zero-order chi connectivity index (χ0) is 16.5. The number of hydrogen-bond acceptors (Lipinski definition) is 4. The van der Waals surface area contributed by atoms with Gasteiger partial charge in [-0.05, 0) is 44.5 Å². The predicted molar refractivity (Wildman–Crippen MR) is 91.1 cm³/mol. The predicted octanol–water partition coefficient (Wildman–Crippen LogP) is 1.97. The highest BCUT2D eigenvalue weighted by atomic mass is 16.2. The van der Waals surface area contributed by atoms with Gasteiger partial charge in [-0.25, -0.2) is 0 Å². The molecule has 4 rings (SSSR count). The fraction of sp³-hybridized carbons (Fsp3) is 0.500. The lowest BCUT2D eigenvalue weighted by Gasteiger charge is -2.49. The van der Waals surface area contributed by atoms with E-state index < -0.39 is 0 Å². The van der Waals surface area contributed by atoms with E-state index in [1.54, 1.807) is 12.7 Å². The molecule has 2 saturated heterocycles. The van der Waals surface area contributed by atoms with Crippen LogP contribution >= 0.6 is 0 Å². The summed E-state index contributed by atoms with van der Waals surface area (Å²) in [5.41, 5.74) is 1.64. The Balaban J connectivity index is 1.42. The summed E-state index contributed by atoms with van der Waals surface area (Å²) in [5.74, 6) is 0.117. The topological polar surface area (TPSA) is 54.3 Å². The molecule has 3 heterocycles. The largest absolute Gasteiger partial charge is 0.335 e. The van der Waals surface area contributed by atoms with Gasteiger partial charge in [-0.2, -0.15) is 0 Å². The van der Waals surface area contributed by atoms with E-state index in [-0.39, 0.29) is 5.91 Å². The summed E-state index contributed by atoms with van der Waals surface area (Å²) >= 11 is 0. The zero-order valence-electron chi connectivity index (χ0n) is 14.0. The Labute approximate surface area is 142 Å². The van der Waals surface area contributed by atoms with Gasteiger partial charge in [0.25, 0.3) is 5.91 Å². The average molecular weight is 325 g/mol. The number of likely N-dealkylation sites (tertiary alicyclic amines) is 2. The first-order chi connectivity index (χ1) is 11.7. The smallest absolute Gasteiger partial charge is 0.254 e. The monoisotopic (exact) mass is 325 g/mol. The Bertz CT molecular complexity index is 708. The lowest BCUT2D eigenvalue weighted by atomic mass is 9.97. The van der Waals surface area contributed by atoms with E-state index in [0.717, 1.165) is 24.3 Å². The summed E-state index contributed by atoms with van der Waals surface area (Å²) in [6.45, 7) is 5.18. The first-order valence-corrected chi connectivity index (χ1v) is 8.72. The second kappa shape index (κ2) is 6.36. The summed E-state index contributed by atoms with van der Waals surface area (Å²) < 4.78 is 1.81. The molecule has 0 saturated carbocycles. The van der Waals surface area contributed by atoms with Crippen LogP contribution < -0.4 is 0 Å². The first-order valence-electron chi connectivity index (χ1n) is 8.72. The van der Waals surface area contributed by atoms with Crippen molar-refractivity contribution in [2.75, 3.05) is 19.6 Å². The number of nitrogens with zero attached hydrogens (tertiary/aromatic N) is 5. The van der Waals surface area contributed by atoms with E-state index in [2.05, 4.69) is 22.0 Å². The summed E-state index contributed by atoms with van der Waals surface area (Å²) in [6, 6.07) is 8.83. The van der Waals surface area contributed by atoms with E-state index in [1.807, 2.05) is 33.7 Å². The number of benzene rings is 1. The van der Waals surface area contributed by atoms with Gasteiger partial charge in [0.05, 0.1) is 0 Å². The molecular formula is C18H23N5O. The van der Waals surface area contributed by atoms with E-state index in [9.17, 15) is 4.79 Å². The lowest BCUT2D eigenvalue weighted by Crippen LogP contribution is -2.63. The van der Waals surface area contributed by atoms with Crippen LogP contribution in [0, 0.1) is 0 Å². The van der Waals surface area contributed by atoms with Crippen LogP contribution in [0.4, 0.5) is 0 Å². The number of carbonyl (C=O) groups excluding carboxylic acids is 1. The Morgan fingerprint density at radius 2 is 1.96 bits per heavy atom. The van der Waals surface area contributed by atoms with Gasteiger partial charge in [0.1, 0.15) is 12.7 Å². The number of hydrogen-bond donors (Lipinski definition) is 0. The van der Waals surface area contributed by atoms with Crippen molar-refractivity contribution in [2.24, 2.45) is 0 Å². The molecule has 2 aromatic rings. The van der Waals surface area contributed by atoms with Crippen LogP contribution in [0.1, 0.15) is 36.5 Å². The summed E-state index contributed by atoms with van der Waals surface area (Å²) in [6.07, 6.45) is 7.19. The van der Waals surface area contributed by atoms with Crippen molar-refractivity contribution in [3.63, 3.8) is 0 Å². The Kier molecular flexibility index (Phi) is 4.06. The minimum atomic E-state index is 0.117. The van der Waals surface area contributed by atoms with E-state index >= 15 is 0 Å². The van der Waals surface area contributed by atoms with Crippen molar-refractivity contribution in [1.82, 2.24) is 24.6 Å². The van der Waals surface area contributed by atoms with Crippen LogP contribution in [0.2, 0.25) is 0 Å². The van der Waals surface area contributed by atoms with Crippen molar-refractivity contribution in [3.8, 4) is 5.69 Å². The highest BCUT2D eigenvalue weighted by Gasteiger charge is 2.37. The van der Waals surface area contributed by atoms with Gasteiger partial charge in [0.2, 0.25) is 0 Å². The molecule has 2 aliphatic rings. The number of amides is 1. The molecule has 24 heavy (non-hydrogen) atoms. The molecule has 2 fully saturated rings. The average Bonchev–Trinajstić information content (AvgIpc) is 3.10. The lowest BCUT2D eigenvalue weighted by molar-refractivity contribution is 0.00213. The molecule has 0 radical (unpaired) electrons. The van der Waals surface area contributed by atoms with Gasteiger partial charge in [0, 0.05) is 36.4 Å². The molecule has 1 aromatic heterocycles. The van der Waals surface area contributed by atoms with E-state index in [0.29, 0.717) is 12.1 Å². The molecule has 0 unspecified atom stereocenters. The van der Waals surface area contributed by atoms with Crippen molar-refractivity contribution in [2.45, 2.75) is 38.3 Å². The molecule has 6 heteroatoms. The Hall–Kier alpha value is -2.21. The number of piperidine rings is 1. The van der Waals surface area contributed by atoms with Crippen LogP contribution in [0.25, 0.3) is 5.69 Å². The molecule has 0 aliphatic carbocycles. The summed E-state index contributed by atoms with van der Waals surface area (Å²) in [5, 5.41) is 7.63. The van der Waals surface area contributed by atoms with Crippen molar-refractivity contribution >= 4 is 5.91 Å². The maximum Gasteiger partial charge on any atom is 0.254 e. The maximum atomic E-state index is 12.7. The van der Waals surface area contributed by atoms with Crippen molar-refractivity contribution < 1.29 is 4.79 Å². The quantitative estimate of drug-likeness (QED) is 0.866. The molecule has 0 N–H and O–H groups in total. The van der Waals surface area contributed by atoms with Crippen LogP contribution in [-0.2, 0) is 0 Å². The summed E-state index contributed by atoms with van der Waals surface area (Å²) in [4.78, 5) is 17.3. The molecule has 1 aromatic carbocycles. The van der Waals surface area contributed by atoms with E-state index in [4.69, 9.17) is 0 Å². The molecule has 1 amide bonds. The van der Waals surface area contributed by atoms with Crippen LogP contribution in [0.5, 0.6) is 0 Å². The van der Waals surface area contributed by atoms with Gasteiger partial charge in [-0.1, -0.05) is 12.5 Å². The highest BCUT2D eigenvalue weighted by Crippen LogP contribution is 2.25. The fourth-order valence-electron chi connectivity index (χ4n) is 3.81. The normalized spacial score (nSPS) is 22.4. The minimum absolute atomic E-state index is 0.117. The molecule has 6 nitrogen and oxygen atoms in total. The third-order valence-corrected chi connectivity index (χ3v) is 5.28. The second-order valence-electron chi connectivity index (χ2n) is 6.87. The first kappa shape index (κ1) is 15.3. The fourth-order valence-corrected chi connectivity index (χ4v) is 3.81. The Morgan fingerprint density at radius 1 is 1.17 bits per heavy atom. The molecule has 0 bridgehead atoms. The number of carbonyl (C=O) groups is 1. The van der Waals surface area contributed by atoms with Gasteiger partial charge < -0.3 is 4.90 Å². The Morgan fingerprint density at radius 3 is 2.71 bits per heavy atom. The number of rotatable bonds is 3. The molecule has 0 spiro atoms. The minimum Gasteiger partial charge on any atom is -0.335 e. The number of aromatic nitrogens is 3. The standard InChI is InChI=1S/C18H23N5O/c1-14-5-2-3-8-23(14)17-10-21(11-17)18(24)15-6-4-7-16(9-15)22-12-19-20-13-22/h4,6-7,9,12-14,17H,2-3,5,8,10-11H2,1H3/t14-/m1/s1. The molecule has 126 valence electrons. The molecular weight excluding hydrogens is 302 g/mol. The maximum absolute atomic E-state index is 12.7. The van der Waals surface area contributed by atoms with Crippen LogP contribution in [0.3, 0.4) is 0 Å².